The molecule has 34 heavy (non-hydrogen) atoms. The maximum Gasteiger partial charge on any atom is 0.231 e. The lowest BCUT2D eigenvalue weighted by molar-refractivity contribution is -0.0176. The third kappa shape index (κ3) is 4.33. The van der Waals surface area contributed by atoms with Crippen LogP contribution in [0.2, 0.25) is 0 Å². The fourth-order valence-corrected chi connectivity index (χ4v) is 4.93. The van der Waals surface area contributed by atoms with E-state index in [-0.39, 0.29) is 18.3 Å². The molecule has 3 aromatic carbocycles. The van der Waals surface area contributed by atoms with Gasteiger partial charge in [-0.1, -0.05) is 31.9 Å². The number of methoxy groups -OCH3 is 1. The number of ketones is 1. The summed E-state index contributed by atoms with van der Waals surface area (Å²) in [5.41, 5.74) is 3.88. The second-order valence-corrected chi connectivity index (χ2v) is 9.68. The van der Waals surface area contributed by atoms with Crippen LogP contribution in [0.5, 0.6) is 23.0 Å². The van der Waals surface area contributed by atoms with E-state index in [4.69, 9.17) is 23.7 Å². The standard InChI is InChI=1S/C26H20Br2O6/c1-14-21(32-12-17-9-19(28)8-16-11-31-13-33-26(16)17)6-4-20-24(29)23(34-25(14)20)10-15-7-18(27)3-5-22(15)30-2/h3-10H,11-13H2,1-2H3/b23-10-. The number of hydrogen-bond acceptors (Lipinski definition) is 6. The number of carbonyl (C=O) groups excluding carboxylic acids is 1. The Morgan fingerprint density at radius 3 is 2.68 bits per heavy atom. The van der Waals surface area contributed by atoms with Crippen LogP contribution >= 0.6 is 31.9 Å². The lowest BCUT2D eigenvalue weighted by Gasteiger charge is -2.21. The summed E-state index contributed by atoms with van der Waals surface area (Å²) in [5.74, 6) is 2.63. The van der Waals surface area contributed by atoms with Crippen LogP contribution in [-0.4, -0.2) is 19.7 Å². The van der Waals surface area contributed by atoms with E-state index in [0.29, 0.717) is 36.0 Å². The monoisotopic (exact) mass is 586 g/mol. The van der Waals surface area contributed by atoms with E-state index in [1.54, 1.807) is 25.3 Å². The molecule has 0 bridgehead atoms. The molecule has 0 saturated heterocycles. The molecule has 0 fully saturated rings. The highest BCUT2D eigenvalue weighted by Crippen LogP contribution is 2.41. The van der Waals surface area contributed by atoms with Crippen LogP contribution in [0.4, 0.5) is 0 Å². The molecule has 0 N–H and O–H groups in total. The molecular formula is C26H20Br2O6. The summed E-state index contributed by atoms with van der Waals surface area (Å²) < 4.78 is 30.4. The van der Waals surface area contributed by atoms with Crippen LogP contribution < -0.4 is 18.9 Å². The van der Waals surface area contributed by atoms with Gasteiger partial charge in [0.05, 0.1) is 19.3 Å². The Morgan fingerprint density at radius 1 is 1.03 bits per heavy atom. The first-order valence-corrected chi connectivity index (χ1v) is 12.1. The molecule has 0 aromatic heterocycles. The highest BCUT2D eigenvalue weighted by Gasteiger charge is 2.30. The number of fused-ring (bicyclic) bond motifs is 2. The number of hydrogen-bond donors (Lipinski definition) is 0. The molecule has 0 atom stereocenters. The van der Waals surface area contributed by atoms with Crippen LogP contribution in [0.25, 0.3) is 6.08 Å². The van der Waals surface area contributed by atoms with E-state index in [2.05, 4.69) is 31.9 Å². The molecule has 8 heteroatoms. The molecule has 2 aliphatic heterocycles. The molecule has 3 aromatic rings. The van der Waals surface area contributed by atoms with Gasteiger partial charge in [0.15, 0.2) is 12.6 Å². The van der Waals surface area contributed by atoms with Gasteiger partial charge in [-0.3, -0.25) is 4.79 Å². The third-order valence-corrected chi connectivity index (χ3v) is 6.60. The van der Waals surface area contributed by atoms with E-state index in [0.717, 1.165) is 36.9 Å². The van der Waals surface area contributed by atoms with Gasteiger partial charge in [0, 0.05) is 31.2 Å². The van der Waals surface area contributed by atoms with Gasteiger partial charge in [-0.15, -0.1) is 0 Å². The van der Waals surface area contributed by atoms with Gasteiger partial charge in [0.1, 0.15) is 29.6 Å². The summed E-state index contributed by atoms with van der Waals surface area (Å²) in [6.07, 6.45) is 1.69. The van der Waals surface area contributed by atoms with Gasteiger partial charge in [-0.05, 0) is 55.5 Å². The van der Waals surface area contributed by atoms with E-state index in [9.17, 15) is 4.79 Å². The fourth-order valence-electron chi connectivity index (χ4n) is 4.00. The Morgan fingerprint density at radius 2 is 1.85 bits per heavy atom. The molecule has 0 unspecified atom stereocenters. The van der Waals surface area contributed by atoms with Gasteiger partial charge in [0.25, 0.3) is 0 Å². The van der Waals surface area contributed by atoms with E-state index in [1.807, 2.05) is 37.3 Å². The van der Waals surface area contributed by atoms with Crippen LogP contribution in [-0.2, 0) is 18.0 Å². The fraction of sp³-hybridized carbons (Fsp3) is 0.192. The van der Waals surface area contributed by atoms with Gasteiger partial charge in [-0.25, -0.2) is 0 Å². The van der Waals surface area contributed by atoms with Crippen molar-refractivity contribution >= 4 is 43.7 Å². The number of rotatable bonds is 5. The quantitative estimate of drug-likeness (QED) is 0.314. The van der Waals surface area contributed by atoms with Gasteiger partial charge < -0.3 is 23.7 Å². The van der Waals surface area contributed by atoms with Crippen molar-refractivity contribution in [2.75, 3.05) is 13.9 Å². The average molecular weight is 588 g/mol. The van der Waals surface area contributed by atoms with Crippen molar-refractivity contribution in [3.8, 4) is 23.0 Å². The predicted octanol–water partition coefficient (Wildman–Crippen LogP) is 6.59. The molecule has 174 valence electrons. The minimum atomic E-state index is -0.180. The number of ether oxygens (including phenoxy) is 5. The van der Waals surface area contributed by atoms with Crippen molar-refractivity contribution in [2.45, 2.75) is 20.1 Å². The smallest absolute Gasteiger partial charge is 0.231 e. The molecule has 6 nitrogen and oxygen atoms in total. The molecule has 0 saturated carbocycles. The number of carbonyl (C=O) groups is 1. The Hall–Kier alpha value is -2.81. The minimum Gasteiger partial charge on any atom is -0.496 e. The first-order chi connectivity index (χ1) is 16.4. The zero-order valence-corrected chi connectivity index (χ0v) is 21.6. The number of benzene rings is 3. The first kappa shape index (κ1) is 23.0. The maximum atomic E-state index is 13.0. The van der Waals surface area contributed by atoms with Crippen LogP contribution in [0.15, 0.2) is 57.2 Å². The third-order valence-electron chi connectivity index (χ3n) is 5.65. The lowest BCUT2D eigenvalue weighted by Crippen LogP contribution is -2.14. The average Bonchev–Trinajstić information content (AvgIpc) is 3.14. The van der Waals surface area contributed by atoms with Crippen molar-refractivity contribution in [2.24, 2.45) is 0 Å². The van der Waals surface area contributed by atoms with Crippen LogP contribution in [0, 0.1) is 6.92 Å². The molecule has 0 spiro atoms. The Kier molecular flexibility index (Phi) is 6.38. The van der Waals surface area contributed by atoms with Crippen molar-refractivity contribution < 1.29 is 28.5 Å². The molecule has 0 aliphatic carbocycles. The van der Waals surface area contributed by atoms with E-state index >= 15 is 0 Å². The molecule has 0 radical (unpaired) electrons. The van der Waals surface area contributed by atoms with Crippen molar-refractivity contribution in [3.05, 3.63) is 85.0 Å². The SMILES string of the molecule is COc1ccc(Br)cc1/C=C1\Oc2c(ccc(OCc3cc(Br)cc4c3OCOC4)c2C)C1=O. The number of allylic oxidation sites excluding steroid dienone is 1. The van der Waals surface area contributed by atoms with E-state index < -0.39 is 0 Å². The van der Waals surface area contributed by atoms with Crippen LogP contribution in [0.1, 0.15) is 32.6 Å². The van der Waals surface area contributed by atoms with Gasteiger partial charge in [0.2, 0.25) is 5.78 Å². The molecule has 2 heterocycles. The van der Waals surface area contributed by atoms with Crippen LogP contribution in [0.3, 0.4) is 0 Å². The molecular weight excluding hydrogens is 568 g/mol. The summed E-state index contributed by atoms with van der Waals surface area (Å²) in [6, 6.07) is 13.1. The van der Waals surface area contributed by atoms with E-state index in [1.165, 1.54) is 0 Å². The van der Waals surface area contributed by atoms with Gasteiger partial charge in [-0.2, -0.15) is 0 Å². The second kappa shape index (κ2) is 9.44. The summed E-state index contributed by atoms with van der Waals surface area (Å²) in [4.78, 5) is 13.0. The van der Waals surface area contributed by atoms with Crippen molar-refractivity contribution in [3.63, 3.8) is 0 Å². The second-order valence-electron chi connectivity index (χ2n) is 7.84. The Labute approximate surface area is 213 Å². The normalized spacial score (nSPS) is 15.4. The largest absolute Gasteiger partial charge is 0.496 e. The summed E-state index contributed by atoms with van der Waals surface area (Å²) in [5, 5.41) is 0. The molecule has 0 amide bonds. The lowest BCUT2D eigenvalue weighted by atomic mass is 10.1. The summed E-state index contributed by atoms with van der Waals surface area (Å²) in [7, 11) is 1.59. The Balaban J connectivity index is 1.41. The van der Waals surface area contributed by atoms with Gasteiger partial charge >= 0.3 is 0 Å². The van der Waals surface area contributed by atoms with Crippen molar-refractivity contribution in [1.29, 1.82) is 0 Å². The highest BCUT2D eigenvalue weighted by atomic mass is 79.9. The summed E-state index contributed by atoms with van der Waals surface area (Å²) >= 11 is 6.99. The summed E-state index contributed by atoms with van der Waals surface area (Å²) in [6.45, 7) is 2.89. The Bertz CT molecular complexity index is 1330. The molecule has 5 rings (SSSR count). The van der Waals surface area contributed by atoms with Crippen molar-refractivity contribution in [1.82, 2.24) is 0 Å². The predicted molar refractivity (Wildman–Crippen MR) is 134 cm³/mol. The minimum absolute atomic E-state index is 0.180. The number of halogens is 2. The maximum absolute atomic E-state index is 13.0. The zero-order valence-electron chi connectivity index (χ0n) is 18.4. The molecule has 2 aliphatic rings. The zero-order chi connectivity index (χ0) is 23.8. The number of Topliss-reactive ketones (excluding diaryl/α,β-unsaturated/α-hetero) is 1. The first-order valence-electron chi connectivity index (χ1n) is 10.5. The topological polar surface area (TPSA) is 63.2 Å². The highest BCUT2D eigenvalue weighted by molar-refractivity contribution is 9.10.